The number of aryl methyl sites for hydroxylation is 1. The summed E-state index contributed by atoms with van der Waals surface area (Å²) in [6.07, 6.45) is 2.06. The molecule has 1 atom stereocenters. The monoisotopic (exact) mass is 195 g/mol. The molecule has 1 aromatic rings. The molecule has 0 bridgehead atoms. The van der Waals surface area contributed by atoms with Gasteiger partial charge in [-0.2, -0.15) is 5.10 Å². The third kappa shape index (κ3) is 2.15. The molecule has 1 rings (SSSR count). The Morgan fingerprint density at radius 1 is 1.50 bits per heavy atom. The zero-order valence-electron chi connectivity index (χ0n) is 9.83. The summed E-state index contributed by atoms with van der Waals surface area (Å²) in [6, 6.07) is 0.390. The van der Waals surface area contributed by atoms with Gasteiger partial charge in [0.05, 0.1) is 11.7 Å². The van der Waals surface area contributed by atoms with Crippen molar-refractivity contribution in [2.45, 2.75) is 47.2 Å². The van der Waals surface area contributed by atoms with Gasteiger partial charge < -0.3 is 5.73 Å². The van der Waals surface area contributed by atoms with Gasteiger partial charge in [0.2, 0.25) is 0 Å². The van der Waals surface area contributed by atoms with E-state index in [4.69, 9.17) is 5.73 Å². The SMILES string of the molecule is Cc1nn(C(C)C(C)(C)C)cc1CN. The van der Waals surface area contributed by atoms with Crippen LogP contribution < -0.4 is 5.73 Å². The van der Waals surface area contributed by atoms with Crippen molar-refractivity contribution in [1.29, 1.82) is 0 Å². The lowest BCUT2D eigenvalue weighted by molar-refractivity contribution is 0.244. The van der Waals surface area contributed by atoms with E-state index >= 15 is 0 Å². The van der Waals surface area contributed by atoms with Crippen LogP contribution in [0, 0.1) is 12.3 Å². The van der Waals surface area contributed by atoms with Crippen LogP contribution in [0.4, 0.5) is 0 Å². The Morgan fingerprint density at radius 3 is 2.43 bits per heavy atom. The Bertz CT molecular complexity index is 307. The minimum absolute atomic E-state index is 0.227. The van der Waals surface area contributed by atoms with E-state index in [-0.39, 0.29) is 5.41 Å². The molecule has 0 radical (unpaired) electrons. The standard InChI is InChI=1S/C11H21N3/c1-8-10(6-12)7-14(13-8)9(2)11(3,4)5/h7,9H,6,12H2,1-5H3. The normalized spacial score (nSPS) is 14.4. The Balaban J connectivity index is 2.97. The van der Waals surface area contributed by atoms with Crippen LogP contribution >= 0.6 is 0 Å². The van der Waals surface area contributed by atoms with Gasteiger partial charge >= 0.3 is 0 Å². The Hall–Kier alpha value is -0.830. The van der Waals surface area contributed by atoms with Crippen LogP contribution in [0.3, 0.4) is 0 Å². The highest BCUT2D eigenvalue weighted by Gasteiger charge is 2.22. The highest BCUT2D eigenvalue weighted by Crippen LogP contribution is 2.29. The van der Waals surface area contributed by atoms with Crippen molar-refractivity contribution >= 4 is 0 Å². The first-order valence-corrected chi connectivity index (χ1v) is 5.11. The van der Waals surface area contributed by atoms with Crippen molar-refractivity contribution < 1.29 is 0 Å². The third-order valence-corrected chi connectivity index (χ3v) is 2.89. The molecule has 0 aliphatic heterocycles. The molecule has 0 spiro atoms. The van der Waals surface area contributed by atoms with Crippen molar-refractivity contribution in [1.82, 2.24) is 9.78 Å². The number of nitrogens with zero attached hydrogens (tertiary/aromatic N) is 2. The van der Waals surface area contributed by atoms with E-state index < -0.39 is 0 Å². The van der Waals surface area contributed by atoms with E-state index in [0.29, 0.717) is 12.6 Å². The van der Waals surface area contributed by atoms with E-state index in [9.17, 15) is 0 Å². The summed E-state index contributed by atoms with van der Waals surface area (Å²) in [7, 11) is 0. The summed E-state index contributed by atoms with van der Waals surface area (Å²) in [5, 5.41) is 4.48. The molecule has 1 unspecified atom stereocenters. The summed E-state index contributed by atoms with van der Waals surface area (Å²) < 4.78 is 2.03. The van der Waals surface area contributed by atoms with E-state index in [1.807, 2.05) is 11.6 Å². The largest absolute Gasteiger partial charge is 0.326 e. The molecule has 3 heteroatoms. The molecule has 0 aromatic carbocycles. The zero-order chi connectivity index (χ0) is 10.9. The molecule has 2 N–H and O–H groups in total. The molecule has 0 saturated heterocycles. The lowest BCUT2D eigenvalue weighted by atomic mass is 9.88. The molecule has 0 aliphatic rings. The lowest BCUT2D eigenvalue weighted by Gasteiger charge is -2.27. The van der Waals surface area contributed by atoms with Crippen molar-refractivity contribution in [2.75, 3.05) is 0 Å². The Kier molecular flexibility index (Phi) is 3.00. The molecule has 0 aliphatic carbocycles. The van der Waals surface area contributed by atoms with Gasteiger partial charge in [-0.25, -0.2) is 0 Å². The summed E-state index contributed by atoms with van der Waals surface area (Å²) >= 11 is 0. The molecular formula is C11H21N3. The van der Waals surface area contributed by atoms with Crippen LogP contribution in [0.25, 0.3) is 0 Å². The van der Waals surface area contributed by atoms with E-state index in [1.54, 1.807) is 0 Å². The van der Waals surface area contributed by atoms with Crippen molar-refractivity contribution in [3.8, 4) is 0 Å². The quantitative estimate of drug-likeness (QED) is 0.786. The van der Waals surface area contributed by atoms with Crippen molar-refractivity contribution in [2.24, 2.45) is 11.1 Å². The number of hydrogen-bond donors (Lipinski definition) is 1. The molecule has 1 heterocycles. The minimum Gasteiger partial charge on any atom is -0.326 e. The maximum Gasteiger partial charge on any atom is 0.0638 e. The molecule has 0 saturated carbocycles. The first-order chi connectivity index (χ1) is 6.36. The highest BCUT2D eigenvalue weighted by molar-refractivity contribution is 5.15. The summed E-state index contributed by atoms with van der Waals surface area (Å²) in [6.45, 7) is 11.4. The van der Waals surface area contributed by atoms with Gasteiger partial charge in [0, 0.05) is 18.3 Å². The minimum atomic E-state index is 0.227. The second-order valence-corrected chi connectivity index (χ2v) is 4.97. The van der Waals surface area contributed by atoms with Crippen molar-refractivity contribution in [3.63, 3.8) is 0 Å². The van der Waals surface area contributed by atoms with Crippen LogP contribution in [-0.2, 0) is 6.54 Å². The predicted molar refractivity (Wildman–Crippen MR) is 59.0 cm³/mol. The summed E-state index contributed by atoms with van der Waals surface area (Å²) in [5.41, 5.74) is 8.03. The number of rotatable bonds is 2. The van der Waals surface area contributed by atoms with Crippen LogP contribution in [0.5, 0.6) is 0 Å². The number of nitrogens with two attached hydrogens (primary N) is 1. The molecule has 3 nitrogen and oxygen atoms in total. The highest BCUT2D eigenvalue weighted by atomic mass is 15.3. The van der Waals surface area contributed by atoms with Crippen LogP contribution in [0.2, 0.25) is 0 Å². The second kappa shape index (κ2) is 3.73. The second-order valence-electron chi connectivity index (χ2n) is 4.97. The molecule has 1 aromatic heterocycles. The fraction of sp³-hybridized carbons (Fsp3) is 0.727. The topological polar surface area (TPSA) is 43.8 Å². The van der Waals surface area contributed by atoms with Crippen LogP contribution in [0.15, 0.2) is 6.20 Å². The molecular weight excluding hydrogens is 174 g/mol. The van der Waals surface area contributed by atoms with E-state index in [0.717, 1.165) is 11.3 Å². The summed E-state index contributed by atoms with van der Waals surface area (Å²) in [5.74, 6) is 0. The Labute approximate surface area is 86.3 Å². The summed E-state index contributed by atoms with van der Waals surface area (Å²) in [4.78, 5) is 0. The van der Waals surface area contributed by atoms with Gasteiger partial charge in [0.1, 0.15) is 0 Å². The molecule has 80 valence electrons. The van der Waals surface area contributed by atoms with Gasteiger partial charge in [-0.1, -0.05) is 20.8 Å². The molecule has 0 fully saturated rings. The van der Waals surface area contributed by atoms with Gasteiger partial charge in [0.25, 0.3) is 0 Å². The first kappa shape index (κ1) is 11.2. The Morgan fingerprint density at radius 2 is 2.07 bits per heavy atom. The average Bonchev–Trinajstić information content (AvgIpc) is 2.43. The fourth-order valence-electron chi connectivity index (χ4n) is 1.32. The van der Waals surface area contributed by atoms with Gasteiger partial charge in [0.15, 0.2) is 0 Å². The fourth-order valence-corrected chi connectivity index (χ4v) is 1.32. The molecule has 14 heavy (non-hydrogen) atoms. The van der Waals surface area contributed by atoms with E-state index in [1.165, 1.54) is 0 Å². The predicted octanol–water partition coefficient (Wildman–Crippen LogP) is 2.26. The van der Waals surface area contributed by atoms with Crippen LogP contribution in [-0.4, -0.2) is 9.78 Å². The van der Waals surface area contributed by atoms with Gasteiger partial charge in [-0.3, -0.25) is 4.68 Å². The maximum atomic E-state index is 5.62. The first-order valence-electron chi connectivity index (χ1n) is 5.11. The lowest BCUT2D eigenvalue weighted by Crippen LogP contribution is -2.22. The average molecular weight is 195 g/mol. The van der Waals surface area contributed by atoms with Gasteiger partial charge in [-0.15, -0.1) is 0 Å². The number of hydrogen-bond acceptors (Lipinski definition) is 2. The molecule has 0 amide bonds. The van der Waals surface area contributed by atoms with E-state index in [2.05, 4.69) is 39.0 Å². The third-order valence-electron chi connectivity index (χ3n) is 2.89. The number of aromatic nitrogens is 2. The zero-order valence-corrected chi connectivity index (χ0v) is 9.83. The van der Waals surface area contributed by atoms with Crippen LogP contribution in [0.1, 0.15) is 45.0 Å². The maximum absolute atomic E-state index is 5.62. The smallest absolute Gasteiger partial charge is 0.0638 e. The van der Waals surface area contributed by atoms with Crippen molar-refractivity contribution in [3.05, 3.63) is 17.5 Å². The van der Waals surface area contributed by atoms with Gasteiger partial charge in [-0.05, 0) is 19.3 Å².